The Hall–Kier alpha value is -2.83. The number of aryl methyl sites for hydroxylation is 1. The highest BCUT2D eigenvalue weighted by atomic mass is 16.4. The molecule has 0 radical (unpaired) electrons. The fraction of sp³-hybridized carbons (Fsp3) is 0.312. The molecule has 0 atom stereocenters. The lowest BCUT2D eigenvalue weighted by molar-refractivity contribution is 0.195. The monoisotopic (exact) mass is 313 g/mol. The number of hydrogen-bond donors (Lipinski definition) is 1. The second-order valence-corrected chi connectivity index (χ2v) is 6.47. The second-order valence-electron chi connectivity index (χ2n) is 6.47. The molecule has 0 aliphatic carbocycles. The third-order valence-corrected chi connectivity index (χ3v) is 3.63. The van der Waals surface area contributed by atoms with E-state index in [0.29, 0.717) is 5.69 Å². The molecule has 7 nitrogen and oxygen atoms in total. The van der Waals surface area contributed by atoms with E-state index in [-0.39, 0.29) is 0 Å². The van der Waals surface area contributed by atoms with E-state index in [9.17, 15) is 9.90 Å². The predicted molar refractivity (Wildman–Crippen MR) is 87.7 cm³/mol. The largest absolute Gasteiger partial charge is 0.465 e. The first-order valence-corrected chi connectivity index (χ1v) is 7.27. The molecule has 0 aliphatic rings. The average Bonchev–Trinajstić information content (AvgIpc) is 3.04. The summed E-state index contributed by atoms with van der Waals surface area (Å²) in [6.45, 7) is 5.60. The van der Waals surface area contributed by atoms with Crippen LogP contribution >= 0.6 is 0 Å². The van der Waals surface area contributed by atoms with E-state index in [0.717, 1.165) is 16.6 Å². The van der Waals surface area contributed by atoms with Gasteiger partial charge in [-0.1, -0.05) is 0 Å². The summed E-state index contributed by atoms with van der Waals surface area (Å²) in [4.78, 5) is 13.2. The van der Waals surface area contributed by atoms with Gasteiger partial charge in [-0.05, 0) is 32.9 Å². The van der Waals surface area contributed by atoms with E-state index >= 15 is 0 Å². The smallest absolute Gasteiger partial charge is 0.412 e. The fourth-order valence-electron chi connectivity index (χ4n) is 2.67. The number of carboxylic acid groups (broad SMARTS) is 1. The highest BCUT2D eigenvalue weighted by Crippen LogP contribution is 2.32. The summed E-state index contributed by atoms with van der Waals surface area (Å²) in [5, 5.41) is 18.1. The lowest BCUT2D eigenvalue weighted by Gasteiger charge is -2.33. The number of hydrogen-bond acceptors (Lipinski definition) is 3. The van der Waals surface area contributed by atoms with Crippen molar-refractivity contribution in [1.29, 1.82) is 0 Å². The van der Waals surface area contributed by atoms with E-state index in [1.54, 1.807) is 21.6 Å². The molecule has 0 aliphatic heterocycles. The summed E-state index contributed by atoms with van der Waals surface area (Å²) in [7, 11) is 1.84. The molecule has 0 saturated carbocycles. The van der Waals surface area contributed by atoms with Crippen LogP contribution in [-0.4, -0.2) is 36.1 Å². The number of amides is 1. The summed E-state index contributed by atoms with van der Waals surface area (Å²) in [5.41, 5.74) is 2.54. The summed E-state index contributed by atoms with van der Waals surface area (Å²) >= 11 is 0. The van der Waals surface area contributed by atoms with Crippen molar-refractivity contribution >= 4 is 17.3 Å². The molecule has 1 N–H and O–H groups in total. The van der Waals surface area contributed by atoms with Crippen LogP contribution in [0.3, 0.4) is 0 Å². The molecular formula is C16H19N5O2. The Kier molecular flexibility index (Phi) is 3.35. The molecule has 3 aromatic rings. The molecule has 23 heavy (non-hydrogen) atoms. The van der Waals surface area contributed by atoms with Crippen LogP contribution < -0.4 is 4.90 Å². The van der Waals surface area contributed by atoms with Gasteiger partial charge in [-0.2, -0.15) is 10.2 Å². The van der Waals surface area contributed by atoms with Crippen molar-refractivity contribution in [3.63, 3.8) is 0 Å². The molecule has 120 valence electrons. The van der Waals surface area contributed by atoms with Crippen molar-refractivity contribution < 1.29 is 9.90 Å². The average molecular weight is 313 g/mol. The van der Waals surface area contributed by atoms with Crippen LogP contribution in [0.25, 0.3) is 16.6 Å². The maximum absolute atomic E-state index is 11.8. The Labute approximate surface area is 133 Å². The SMILES string of the molecule is Cn1cc(-c2cc(N(C(=O)O)C(C)(C)C)c3ccnn3c2)cn1. The van der Waals surface area contributed by atoms with E-state index in [1.165, 1.54) is 4.90 Å². The Morgan fingerprint density at radius 3 is 2.52 bits per heavy atom. The van der Waals surface area contributed by atoms with Crippen molar-refractivity contribution in [2.75, 3.05) is 4.90 Å². The zero-order chi connectivity index (χ0) is 16.8. The highest BCUT2D eigenvalue weighted by Gasteiger charge is 2.30. The van der Waals surface area contributed by atoms with Crippen molar-refractivity contribution in [1.82, 2.24) is 19.4 Å². The van der Waals surface area contributed by atoms with Crippen LogP contribution in [0.4, 0.5) is 10.5 Å². The quantitative estimate of drug-likeness (QED) is 0.789. The van der Waals surface area contributed by atoms with Gasteiger partial charge in [0.1, 0.15) is 0 Å². The van der Waals surface area contributed by atoms with E-state index in [2.05, 4.69) is 10.2 Å². The zero-order valence-electron chi connectivity index (χ0n) is 13.6. The van der Waals surface area contributed by atoms with Gasteiger partial charge in [-0.15, -0.1) is 0 Å². The van der Waals surface area contributed by atoms with Gasteiger partial charge in [-0.25, -0.2) is 9.31 Å². The number of aromatic nitrogens is 4. The summed E-state index contributed by atoms with van der Waals surface area (Å²) in [6.07, 6.45) is 6.17. The van der Waals surface area contributed by atoms with Gasteiger partial charge >= 0.3 is 6.09 Å². The topological polar surface area (TPSA) is 75.7 Å². The summed E-state index contributed by atoms with van der Waals surface area (Å²) in [6, 6.07) is 3.68. The lowest BCUT2D eigenvalue weighted by atomic mass is 10.0. The lowest BCUT2D eigenvalue weighted by Crippen LogP contribution is -2.45. The van der Waals surface area contributed by atoms with Crippen LogP contribution in [0.1, 0.15) is 20.8 Å². The molecule has 3 heterocycles. The molecule has 0 fully saturated rings. The highest BCUT2D eigenvalue weighted by molar-refractivity contribution is 5.94. The normalized spacial score (nSPS) is 11.8. The number of anilines is 1. The molecule has 1 amide bonds. The maximum atomic E-state index is 11.8. The molecule has 3 aromatic heterocycles. The molecule has 0 spiro atoms. The standard InChI is InChI=1S/C16H19N5O2/c1-16(2,3)21(15(22)23)14-7-11(12-8-18-19(4)9-12)10-20-13(14)5-6-17-20/h5-10H,1-4H3,(H,22,23). The van der Waals surface area contributed by atoms with Gasteiger partial charge in [0.2, 0.25) is 0 Å². The van der Waals surface area contributed by atoms with Gasteiger partial charge in [-0.3, -0.25) is 9.58 Å². The van der Waals surface area contributed by atoms with Crippen LogP contribution in [0.5, 0.6) is 0 Å². The van der Waals surface area contributed by atoms with Crippen LogP contribution in [0.2, 0.25) is 0 Å². The number of nitrogens with zero attached hydrogens (tertiary/aromatic N) is 5. The Bertz CT molecular complexity index is 872. The second kappa shape index (κ2) is 5.12. The van der Waals surface area contributed by atoms with Crippen molar-refractivity contribution in [3.8, 4) is 11.1 Å². The third-order valence-electron chi connectivity index (χ3n) is 3.63. The molecule has 0 bridgehead atoms. The molecule has 0 unspecified atom stereocenters. The van der Waals surface area contributed by atoms with Crippen molar-refractivity contribution in [2.24, 2.45) is 7.05 Å². The van der Waals surface area contributed by atoms with E-state index in [1.807, 2.05) is 52.3 Å². The molecule has 3 rings (SSSR count). The minimum Gasteiger partial charge on any atom is -0.465 e. The van der Waals surface area contributed by atoms with Gasteiger partial charge in [0.15, 0.2) is 0 Å². The zero-order valence-corrected chi connectivity index (χ0v) is 13.6. The van der Waals surface area contributed by atoms with Crippen molar-refractivity contribution in [3.05, 3.63) is 36.9 Å². The number of rotatable bonds is 2. The molecule has 0 aromatic carbocycles. The van der Waals surface area contributed by atoms with Crippen LogP contribution in [-0.2, 0) is 7.05 Å². The van der Waals surface area contributed by atoms with E-state index in [4.69, 9.17) is 0 Å². The molecule has 7 heteroatoms. The van der Waals surface area contributed by atoms with Crippen molar-refractivity contribution in [2.45, 2.75) is 26.3 Å². The Balaban J connectivity index is 2.26. The predicted octanol–water partition coefficient (Wildman–Crippen LogP) is 3.02. The van der Waals surface area contributed by atoms with Crippen LogP contribution in [0.15, 0.2) is 36.9 Å². The van der Waals surface area contributed by atoms with Gasteiger partial charge in [0.25, 0.3) is 0 Å². The minimum atomic E-state index is -0.996. The number of pyridine rings is 1. The summed E-state index contributed by atoms with van der Waals surface area (Å²) in [5.74, 6) is 0. The van der Waals surface area contributed by atoms with Gasteiger partial charge in [0, 0.05) is 36.1 Å². The first-order valence-electron chi connectivity index (χ1n) is 7.27. The molecule has 0 saturated heterocycles. The van der Waals surface area contributed by atoms with Gasteiger partial charge in [0.05, 0.1) is 23.6 Å². The Morgan fingerprint density at radius 1 is 1.22 bits per heavy atom. The fourth-order valence-corrected chi connectivity index (χ4v) is 2.67. The minimum absolute atomic E-state index is 0.579. The van der Waals surface area contributed by atoms with Gasteiger partial charge < -0.3 is 5.11 Å². The summed E-state index contributed by atoms with van der Waals surface area (Å²) < 4.78 is 3.40. The molecular weight excluding hydrogens is 294 g/mol. The first kappa shape index (κ1) is 15.1. The Morgan fingerprint density at radius 2 is 1.96 bits per heavy atom. The maximum Gasteiger partial charge on any atom is 0.412 e. The van der Waals surface area contributed by atoms with Crippen LogP contribution in [0, 0.1) is 0 Å². The number of fused-ring (bicyclic) bond motifs is 1. The third kappa shape index (κ3) is 2.65. The number of carbonyl (C=O) groups is 1. The first-order chi connectivity index (χ1) is 10.8. The van der Waals surface area contributed by atoms with E-state index < -0.39 is 11.6 Å².